The van der Waals surface area contributed by atoms with Crippen LogP contribution in [-0.4, -0.2) is 48.4 Å². The highest BCUT2D eigenvalue weighted by Gasteiger charge is 2.41. The van der Waals surface area contributed by atoms with Gasteiger partial charge in [0.2, 0.25) is 0 Å². The molecule has 1 unspecified atom stereocenters. The summed E-state index contributed by atoms with van der Waals surface area (Å²) in [7, 11) is 1.60. The van der Waals surface area contributed by atoms with Crippen molar-refractivity contribution >= 4 is 17.4 Å². The van der Waals surface area contributed by atoms with E-state index >= 15 is 0 Å². The van der Waals surface area contributed by atoms with Gasteiger partial charge in [-0.15, -0.1) is 6.58 Å². The normalized spacial score (nSPS) is 21.1. The Balaban J connectivity index is 2.06. The third-order valence-electron chi connectivity index (χ3n) is 4.81. The summed E-state index contributed by atoms with van der Waals surface area (Å²) in [5, 5.41) is 0. The van der Waals surface area contributed by atoms with E-state index in [9.17, 15) is 9.59 Å². The summed E-state index contributed by atoms with van der Waals surface area (Å²) in [5.41, 5.74) is 1.77. The van der Waals surface area contributed by atoms with Gasteiger partial charge in [0.05, 0.1) is 12.7 Å². The lowest BCUT2D eigenvalue weighted by Crippen LogP contribution is -2.39. The third-order valence-corrected chi connectivity index (χ3v) is 4.81. The van der Waals surface area contributed by atoms with Gasteiger partial charge in [0.25, 0.3) is 11.8 Å². The number of nitrogens with zero attached hydrogens (tertiary/aromatic N) is 2. The van der Waals surface area contributed by atoms with Crippen LogP contribution in [0.5, 0.6) is 5.75 Å². The summed E-state index contributed by atoms with van der Waals surface area (Å²) >= 11 is 0. The predicted molar refractivity (Wildman–Crippen MR) is 96.8 cm³/mol. The summed E-state index contributed by atoms with van der Waals surface area (Å²) < 4.78 is 5.19. The number of ether oxygens (including phenoxy) is 1. The average Bonchev–Trinajstić information content (AvgIpc) is 2.87. The van der Waals surface area contributed by atoms with Crippen LogP contribution in [0.2, 0.25) is 0 Å². The molecular formula is C20H24N2O3. The zero-order chi connectivity index (χ0) is 18.0. The van der Waals surface area contributed by atoms with Gasteiger partial charge in [-0.2, -0.15) is 0 Å². The summed E-state index contributed by atoms with van der Waals surface area (Å²) in [4.78, 5) is 29.2. The molecular weight excluding hydrogens is 316 g/mol. The summed E-state index contributed by atoms with van der Waals surface area (Å²) in [5.74, 6) is 0.764. The van der Waals surface area contributed by atoms with Crippen molar-refractivity contribution in [2.45, 2.75) is 19.8 Å². The molecule has 2 aliphatic rings. The highest BCUT2D eigenvalue weighted by Crippen LogP contribution is 2.34. The highest BCUT2D eigenvalue weighted by atomic mass is 16.5. The van der Waals surface area contributed by atoms with Crippen LogP contribution in [0, 0.1) is 5.92 Å². The van der Waals surface area contributed by atoms with Crippen molar-refractivity contribution in [3.05, 3.63) is 48.2 Å². The molecule has 1 fully saturated rings. The number of carbonyl (C=O) groups is 2. The Hall–Kier alpha value is -2.56. The average molecular weight is 340 g/mol. The lowest BCUT2D eigenvalue weighted by molar-refractivity contribution is -0.137. The minimum absolute atomic E-state index is 0.218. The van der Waals surface area contributed by atoms with E-state index in [0.29, 0.717) is 17.2 Å². The van der Waals surface area contributed by atoms with Gasteiger partial charge in [-0.25, -0.2) is 0 Å². The number of amides is 2. The number of methoxy groups -OCH3 is 1. The van der Waals surface area contributed by atoms with Crippen LogP contribution in [0.3, 0.4) is 0 Å². The van der Waals surface area contributed by atoms with E-state index in [1.54, 1.807) is 13.2 Å². The Morgan fingerprint density at radius 3 is 2.56 bits per heavy atom. The molecule has 0 saturated carbocycles. The number of rotatable bonds is 5. The SMILES string of the molecule is C=CCN1C(=O)C(c2ccc(OC)cc2)=C(N2CCCC(C)C2)C1=O. The van der Waals surface area contributed by atoms with E-state index in [1.807, 2.05) is 24.3 Å². The first kappa shape index (κ1) is 17.3. The van der Waals surface area contributed by atoms with Gasteiger partial charge in [0.15, 0.2) is 0 Å². The van der Waals surface area contributed by atoms with Crippen molar-refractivity contribution in [3.63, 3.8) is 0 Å². The quantitative estimate of drug-likeness (QED) is 0.611. The van der Waals surface area contributed by atoms with Crippen molar-refractivity contribution in [2.75, 3.05) is 26.7 Å². The molecule has 2 aliphatic heterocycles. The Bertz CT molecular complexity index is 721. The van der Waals surface area contributed by atoms with Crippen molar-refractivity contribution in [2.24, 2.45) is 5.92 Å². The fourth-order valence-electron chi connectivity index (χ4n) is 3.56. The molecule has 2 amide bonds. The molecule has 25 heavy (non-hydrogen) atoms. The molecule has 0 radical (unpaired) electrons. The Labute approximate surface area is 148 Å². The van der Waals surface area contributed by atoms with Crippen LogP contribution < -0.4 is 4.74 Å². The first-order valence-electron chi connectivity index (χ1n) is 8.67. The van der Waals surface area contributed by atoms with Gasteiger partial charge in [-0.05, 0) is 36.5 Å². The molecule has 0 spiro atoms. The number of hydrogen-bond donors (Lipinski definition) is 0. The number of piperidine rings is 1. The Morgan fingerprint density at radius 1 is 1.24 bits per heavy atom. The van der Waals surface area contributed by atoms with E-state index in [4.69, 9.17) is 4.74 Å². The monoisotopic (exact) mass is 340 g/mol. The molecule has 1 saturated heterocycles. The minimum atomic E-state index is -0.247. The number of benzene rings is 1. The van der Waals surface area contributed by atoms with Crippen molar-refractivity contribution in [3.8, 4) is 5.75 Å². The maximum Gasteiger partial charge on any atom is 0.278 e. The van der Waals surface area contributed by atoms with Crippen LogP contribution >= 0.6 is 0 Å². The topological polar surface area (TPSA) is 49.9 Å². The minimum Gasteiger partial charge on any atom is -0.497 e. The van der Waals surface area contributed by atoms with E-state index in [0.717, 1.165) is 37.2 Å². The molecule has 1 atom stereocenters. The molecule has 132 valence electrons. The van der Waals surface area contributed by atoms with Crippen LogP contribution in [0.4, 0.5) is 0 Å². The lowest BCUT2D eigenvalue weighted by Gasteiger charge is -2.33. The van der Waals surface area contributed by atoms with Crippen LogP contribution in [0.25, 0.3) is 5.57 Å². The van der Waals surface area contributed by atoms with Crippen molar-refractivity contribution in [1.82, 2.24) is 9.80 Å². The van der Waals surface area contributed by atoms with Gasteiger partial charge >= 0.3 is 0 Å². The van der Waals surface area contributed by atoms with Crippen LogP contribution in [-0.2, 0) is 9.59 Å². The maximum absolute atomic E-state index is 13.0. The number of hydrogen-bond acceptors (Lipinski definition) is 4. The molecule has 3 rings (SSSR count). The number of likely N-dealkylation sites (tertiary alicyclic amines) is 1. The van der Waals surface area contributed by atoms with Crippen LogP contribution in [0.15, 0.2) is 42.6 Å². The van der Waals surface area contributed by atoms with Gasteiger partial charge in [0, 0.05) is 19.6 Å². The van der Waals surface area contributed by atoms with Gasteiger partial charge in [-0.3, -0.25) is 14.5 Å². The van der Waals surface area contributed by atoms with Gasteiger partial charge in [0.1, 0.15) is 11.4 Å². The summed E-state index contributed by atoms with van der Waals surface area (Å²) in [6.07, 6.45) is 3.77. The maximum atomic E-state index is 13.0. The Morgan fingerprint density at radius 2 is 1.96 bits per heavy atom. The van der Waals surface area contributed by atoms with Crippen molar-refractivity contribution in [1.29, 1.82) is 0 Å². The highest BCUT2D eigenvalue weighted by molar-refractivity contribution is 6.35. The fourth-order valence-corrected chi connectivity index (χ4v) is 3.56. The van der Waals surface area contributed by atoms with Gasteiger partial charge < -0.3 is 9.64 Å². The van der Waals surface area contributed by atoms with E-state index in [1.165, 1.54) is 4.90 Å². The number of carbonyl (C=O) groups excluding carboxylic acids is 2. The standard InChI is InChI=1S/C20H24N2O3/c1-4-11-22-19(23)17(15-7-9-16(25-3)10-8-15)18(20(22)24)21-12-5-6-14(2)13-21/h4,7-10,14H,1,5-6,11-13H2,2-3H3. The smallest absolute Gasteiger partial charge is 0.278 e. The van der Waals surface area contributed by atoms with E-state index in [-0.39, 0.29) is 18.4 Å². The second-order valence-corrected chi connectivity index (χ2v) is 6.66. The molecule has 1 aromatic carbocycles. The largest absolute Gasteiger partial charge is 0.497 e. The van der Waals surface area contributed by atoms with E-state index < -0.39 is 0 Å². The molecule has 0 aliphatic carbocycles. The second kappa shape index (κ2) is 7.13. The molecule has 0 N–H and O–H groups in total. The second-order valence-electron chi connectivity index (χ2n) is 6.66. The van der Waals surface area contributed by atoms with E-state index in [2.05, 4.69) is 18.4 Å². The molecule has 2 heterocycles. The van der Waals surface area contributed by atoms with Gasteiger partial charge in [-0.1, -0.05) is 25.1 Å². The summed E-state index contributed by atoms with van der Waals surface area (Å²) in [6.45, 7) is 7.69. The number of imide groups is 1. The van der Waals surface area contributed by atoms with Crippen LogP contribution in [0.1, 0.15) is 25.3 Å². The molecule has 1 aromatic rings. The van der Waals surface area contributed by atoms with Crippen molar-refractivity contribution < 1.29 is 14.3 Å². The zero-order valence-electron chi connectivity index (χ0n) is 14.8. The first-order chi connectivity index (χ1) is 12.1. The predicted octanol–water partition coefficient (Wildman–Crippen LogP) is 2.69. The fraction of sp³-hybridized carbons (Fsp3) is 0.400. The molecule has 5 nitrogen and oxygen atoms in total. The molecule has 5 heteroatoms. The Kier molecular flexibility index (Phi) is 4.93. The molecule has 0 aromatic heterocycles. The summed E-state index contributed by atoms with van der Waals surface area (Å²) in [6, 6.07) is 7.30. The molecule has 0 bridgehead atoms. The first-order valence-corrected chi connectivity index (χ1v) is 8.67. The zero-order valence-corrected chi connectivity index (χ0v) is 14.8. The third kappa shape index (κ3) is 3.18. The lowest BCUT2D eigenvalue weighted by atomic mass is 9.98.